The average molecular weight is 226 g/mol. The Bertz CT molecular complexity index is 205. The van der Waals surface area contributed by atoms with Crippen LogP contribution in [-0.4, -0.2) is 30.1 Å². The quantitative estimate of drug-likeness (QED) is 0.781. The van der Waals surface area contributed by atoms with E-state index in [1.807, 2.05) is 0 Å². The van der Waals surface area contributed by atoms with Crippen LogP contribution < -0.4 is 5.73 Å². The molecule has 0 bridgehead atoms. The fraction of sp³-hybridized carbons (Fsp3) is 1.00. The van der Waals surface area contributed by atoms with Gasteiger partial charge in [-0.1, -0.05) is 27.7 Å². The predicted molar refractivity (Wildman–Crippen MR) is 71.5 cm³/mol. The van der Waals surface area contributed by atoms with Crippen molar-refractivity contribution in [1.82, 2.24) is 4.90 Å². The van der Waals surface area contributed by atoms with Crippen molar-refractivity contribution in [2.75, 3.05) is 19.6 Å². The molecule has 1 rings (SSSR count). The van der Waals surface area contributed by atoms with Crippen molar-refractivity contribution in [3.05, 3.63) is 0 Å². The Labute approximate surface area is 102 Å². The van der Waals surface area contributed by atoms with Gasteiger partial charge in [-0.15, -0.1) is 0 Å². The van der Waals surface area contributed by atoms with Gasteiger partial charge >= 0.3 is 0 Å². The monoisotopic (exact) mass is 226 g/mol. The van der Waals surface area contributed by atoms with Crippen LogP contribution in [0.4, 0.5) is 0 Å². The first-order valence-corrected chi connectivity index (χ1v) is 7.05. The van der Waals surface area contributed by atoms with Crippen LogP contribution in [-0.2, 0) is 0 Å². The molecule has 2 heteroatoms. The second kappa shape index (κ2) is 6.02. The second-order valence-electron chi connectivity index (χ2n) is 5.67. The number of likely N-dealkylation sites (N-methyl/N-ethyl adjacent to an activating group) is 1. The fourth-order valence-corrected chi connectivity index (χ4v) is 3.55. The normalized spacial score (nSPS) is 35.6. The standard InChI is InChI=1S/C14H30N2/c1-5-9-16(6-2)14(11-15)8-7-12(3)10-13(14)4/h12-13H,5-11,15H2,1-4H3. The Hall–Kier alpha value is -0.0800. The van der Waals surface area contributed by atoms with Gasteiger partial charge in [0, 0.05) is 12.1 Å². The molecule has 0 aromatic carbocycles. The van der Waals surface area contributed by atoms with E-state index < -0.39 is 0 Å². The summed E-state index contributed by atoms with van der Waals surface area (Å²) < 4.78 is 0. The van der Waals surface area contributed by atoms with Crippen LogP contribution >= 0.6 is 0 Å². The zero-order chi connectivity index (χ0) is 12.2. The lowest BCUT2D eigenvalue weighted by atomic mass is 9.69. The highest BCUT2D eigenvalue weighted by molar-refractivity contribution is 4.99. The molecule has 0 spiro atoms. The molecule has 0 aliphatic heterocycles. The number of hydrogen-bond donors (Lipinski definition) is 1. The van der Waals surface area contributed by atoms with Crippen LogP contribution in [0.3, 0.4) is 0 Å². The smallest absolute Gasteiger partial charge is 0.0357 e. The Morgan fingerprint density at radius 3 is 2.44 bits per heavy atom. The summed E-state index contributed by atoms with van der Waals surface area (Å²) in [6, 6.07) is 0. The van der Waals surface area contributed by atoms with Crippen LogP contribution in [0.5, 0.6) is 0 Å². The van der Waals surface area contributed by atoms with Crippen molar-refractivity contribution in [3.63, 3.8) is 0 Å². The van der Waals surface area contributed by atoms with E-state index in [9.17, 15) is 0 Å². The molecule has 0 radical (unpaired) electrons. The zero-order valence-electron chi connectivity index (χ0n) is 11.6. The SMILES string of the molecule is CCCN(CC)C1(CN)CCC(C)CC1C. The molecule has 0 heterocycles. The Morgan fingerprint density at radius 2 is 2.00 bits per heavy atom. The molecule has 0 aromatic heterocycles. The first-order chi connectivity index (χ1) is 7.60. The minimum atomic E-state index is 0.289. The molecule has 3 unspecified atom stereocenters. The topological polar surface area (TPSA) is 29.3 Å². The molecule has 1 aliphatic carbocycles. The van der Waals surface area contributed by atoms with Gasteiger partial charge in [0.2, 0.25) is 0 Å². The lowest BCUT2D eigenvalue weighted by Gasteiger charge is -2.51. The van der Waals surface area contributed by atoms with Crippen molar-refractivity contribution in [2.24, 2.45) is 17.6 Å². The van der Waals surface area contributed by atoms with Crippen LogP contribution in [0.1, 0.15) is 53.4 Å². The zero-order valence-corrected chi connectivity index (χ0v) is 11.6. The Balaban J connectivity index is 2.81. The molecule has 2 nitrogen and oxygen atoms in total. The van der Waals surface area contributed by atoms with E-state index >= 15 is 0 Å². The molecule has 1 saturated carbocycles. The molecule has 1 fully saturated rings. The summed E-state index contributed by atoms with van der Waals surface area (Å²) in [6.45, 7) is 12.5. The second-order valence-corrected chi connectivity index (χ2v) is 5.67. The van der Waals surface area contributed by atoms with E-state index in [4.69, 9.17) is 5.73 Å². The summed E-state index contributed by atoms with van der Waals surface area (Å²) in [7, 11) is 0. The van der Waals surface area contributed by atoms with E-state index in [-0.39, 0.29) is 5.54 Å². The minimum absolute atomic E-state index is 0.289. The number of hydrogen-bond acceptors (Lipinski definition) is 2. The van der Waals surface area contributed by atoms with E-state index in [0.29, 0.717) is 0 Å². The van der Waals surface area contributed by atoms with Crippen LogP contribution in [0.25, 0.3) is 0 Å². The highest BCUT2D eigenvalue weighted by Crippen LogP contribution is 2.40. The molecule has 16 heavy (non-hydrogen) atoms. The molecular formula is C14H30N2. The predicted octanol–water partition coefficient (Wildman–Crippen LogP) is 2.87. The van der Waals surface area contributed by atoms with Gasteiger partial charge < -0.3 is 5.73 Å². The molecule has 0 saturated heterocycles. The third kappa shape index (κ3) is 2.60. The molecule has 0 aromatic rings. The molecule has 0 amide bonds. The molecule has 3 atom stereocenters. The first kappa shape index (κ1) is 14.0. The van der Waals surface area contributed by atoms with Gasteiger partial charge in [0.25, 0.3) is 0 Å². The summed E-state index contributed by atoms with van der Waals surface area (Å²) >= 11 is 0. The van der Waals surface area contributed by atoms with Gasteiger partial charge in [0.15, 0.2) is 0 Å². The largest absolute Gasteiger partial charge is 0.329 e. The maximum absolute atomic E-state index is 6.14. The highest BCUT2D eigenvalue weighted by Gasteiger charge is 2.42. The summed E-state index contributed by atoms with van der Waals surface area (Å²) in [5.74, 6) is 1.63. The Kier molecular flexibility index (Phi) is 5.26. The molecule has 1 aliphatic rings. The maximum atomic E-state index is 6.14. The van der Waals surface area contributed by atoms with Crippen molar-refractivity contribution in [1.29, 1.82) is 0 Å². The van der Waals surface area contributed by atoms with Gasteiger partial charge in [-0.2, -0.15) is 0 Å². The molecule has 96 valence electrons. The number of nitrogens with two attached hydrogens (primary N) is 1. The van der Waals surface area contributed by atoms with Gasteiger partial charge in [0.05, 0.1) is 0 Å². The third-order valence-electron chi connectivity index (χ3n) is 4.60. The summed E-state index contributed by atoms with van der Waals surface area (Å²) in [6.07, 6.45) is 5.22. The molecular weight excluding hydrogens is 196 g/mol. The molecule has 2 N–H and O–H groups in total. The van der Waals surface area contributed by atoms with Crippen molar-refractivity contribution in [3.8, 4) is 0 Å². The van der Waals surface area contributed by atoms with Crippen LogP contribution in [0.15, 0.2) is 0 Å². The van der Waals surface area contributed by atoms with Gasteiger partial charge in [-0.3, -0.25) is 4.90 Å². The minimum Gasteiger partial charge on any atom is -0.329 e. The first-order valence-electron chi connectivity index (χ1n) is 7.05. The third-order valence-corrected chi connectivity index (χ3v) is 4.60. The van der Waals surface area contributed by atoms with Crippen molar-refractivity contribution >= 4 is 0 Å². The van der Waals surface area contributed by atoms with Gasteiger partial charge in [-0.25, -0.2) is 0 Å². The fourth-order valence-electron chi connectivity index (χ4n) is 3.55. The average Bonchev–Trinajstić information content (AvgIpc) is 2.27. The van der Waals surface area contributed by atoms with E-state index in [0.717, 1.165) is 24.9 Å². The Morgan fingerprint density at radius 1 is 1.31 bits per heavy atom. The number of rotatable bonds is 5. The van der Waals surface area contributed by atoms with Crippen molar-refractivity contribution < 1.29 is 0 Å². The summed E-state index contributed by atoms with van der Waals surface area (Å²) in [5, 5.41) is 0. The summed E-state index contributed by atoms with van der Waals surface area (Å²) in [4.78, 5) is 2.64. The maximum Gasteiger partial charge on any atom is 0.0357 e. The summed E-state index contributed by atoms with van der Waals surface area (Å²) in [5.41, 5.74) is 6.43. The highest BCUT2D eigenvalue weighted by atomic mass is 15.2. The van der Waals surface area contributed by atoms with Crippen molar-refractivity contribution in [2.45, 2.75) is 58.9 Å². The van der Waals surface area contributed by atoms with E-state index in [2.05, 4.69) is 32.6 Å². The van der Waals surface area contributed by atoms with Crippen LogP contribution in [0.2, 0.25) is 0 Å². The van der Waals surface area contributed by atoms with E-state index in [1.54, 1.807) is 0 Å². The number of nitrogens with zero attached hydrogens (tertiary/aromatic N) is 1. The van der Waals surface area contributed by atoms with E-state index in [1.165, 1.54) is 32.2 Å². The lowest BCUT2D eigenvalue weighted by Crippen LogP contribution is -2.60. The van der Waals surface area contributed by atoms with Gasteiger partial charge in [-0.05, 0) is 50.6 Å². The van der Waals surface area contributed by atoms with Gasteiger partial charge in [0.1, 0.15) is 0 Å². The van der Waals surface area contributed by atoms with Crippen LogP contribution in [0, 0.1) is 11.8 Å². The lowest BCUT2D eigenvalue weighted by molar-refractivity contribution is 0.00316.